The predicted molar refractivity (Wildman–Crippen MR) is 102 cm³/mol. The Labute approximate surface area is 160 Å². The zero-order valence-corrected chi connectivity index (χ0v) is 15.8. The summed E-state index contributed by atoms with van der Waals surface area (Å²) >= 11 is 0. The van der Waals surface area contributed by atoms with Crippen molar-refractivity contribution < 1.29 is 4.79 Å². The molecule has 2 fully saturated rings. The fourth-order valence-corrected chi connectivity index (χ4v) is 4.51. The number of hydrogen-bond donors (Lipinski definition) is 0. The summed E-state index contributed by atoms with van der Waals surface area (Å²) in [6, 6.07) is 8.91. The summed E-state index contributed by atoms with van der Waals surface area (Å²) in [4.78, 5) is 17.4. The van der Waals surface area contributed by atoms with E-state index in [2.05, 4.69) is 33.4 Å². The van der Waals surface area contributed by atoms with Crippen LogP contribution in [0.4, 0.5) is 0 Å². The molecule has 0 radical (unpaired) electrons. The fourth-order valence-electron chi connectivity index (χ4n) is 4.51. The van der Waals surface area contributed by atoms with Gasteiger partial charge in [-0.15, -0.1) is 5.10 Å². The standard InChI is InChI=1S/C21H27N5O/c27-21(25-11-9-17-4-1-2-5-18(17)13-25)20-15-26(23-22-20)14-19-6-3-10-24(19)12-16-7-8-16/h1-2,4-5,15-16,19H,3,6-14H2/t19-/m0/s1. The van der Waals surface area contributed by atoms with E-state index in [0.29, 0.717) is 18.3 Å². The summed E-state index contributed by atoms with van der Waals surface area (Å²) in [6.45, 7) is 4.70. The van der Waals surface area contributed by atoms with Crippen molar-refractivity contribution in [3.8, 4) is 0 Å². The minimum atomic E-state index is -0.00277. The fraction of sp³-hybridized carbons (Fsp3) is 0.571. The first-order valence-corrected chi connectivity index (χ1v) is 10.3. The van der Waals surface area contributed by atoms with Gasteiger partial charge in [-0.3, -0.25) is 14.4 Å². The molecule has 6 heteroatoms. The molecule has 0 spiro atoms. The molecule has 3 heterocycles. The van der Waals surface area contributed by atoms with Crippen LogP contribution in [0.2, 0.25) is 0 Å². The van der Waals surface area contributed by atoms with Crippen LogP contribution in [-0.4, -0.2) is 56.4 Å². The Hall–Kier alpha value is -2.21. The Morgan fingerprint density at radius 2 is 1.93 bits per heavy atom. The molecule has 1 saturated heterocycles. The van der Waals surface area contributed by atoms with Gasteiger partial charge in [-0.2, -0.15) is 0 Å². The third-order valence-electron chi connectivity index (χ3n) is 6.26. The van der Waals surface area contributed by atoms with Crippen molar-refractivity contribution in [1.29, 1.82) is 0 Å². The van der Waals surface area contributed by atoms with Crippen molar-refractivity contribution >= 4 is 5.91 Å². The maximum absolute atomic E-state index is 12.9. The van der Waals surface area contributed by atoms with Crippen molar-refractivity contribution in [3.05, 3.63) is 47.3 Å². The van der Waals surface area contributed by atoms with Crippen molar-refractivity contribution in [2.24, 2.45) is 5.92 Å². The number of fused-ring (bicyclic) bond motifs is 1. The van der Waals surface area contributed by atoms with E-state index in [9.17, 15) is 4.79 Å². The highest BCUT2D eigenvalue weighted by Gasteiger charge is 2.31. The topological polar surface area (TPSA) is 54.3 Å². The van der Waals surface area contributed by atoms with Crippen LogP contribution in [-0.2, 0) is 19.5 Å². The molecule has 1 aromatic carbocycles. The van der Waals surface area contributed by atoms with E-state index in [1.165, 1.54) is 49.9 Å². The maximum Gasteiger partial charge on any atom is 0.276 e. The molecule has 1 atom stereocenters. The van der Waals surface area contributed by atoms with Crippen LogP contribution in [0.25, 0.3) is 0 Å². The van der Waals surface area contributed by atoms with Gasteiger partial charge in [0.15, 0.2) is 5.69 Å². The van der Waals surface area contributed by atoms with E-state index in [1.807, 2.05) is 21.8 Å². The van der Waals surface area contributed by atoms with Crippen LogP contribution in [0.15, 0.2) is 30.5 Å². The third-order valence-corrected chi connectivity index (χ3v) is 6.26. The summed E-state index contributed by atoms with van der Waals surface area (Å²) in [7, 11) is 0. The third kappa shape index (κ3) is 3.63. The quantitative estimate of drug-likeness (QED) is 0.816. The molecule has 1 aliphatic carbocycles. The zero-order valence-electron chi connectivity index (χ0n) is 15.8. The molecule has 3 aliphatic rings. The molecule has 2 aliphatic heterocycles. The minimum Gasteiger partial charge on any atom is -0.333 e. The lowest BCUT2D eigenvalue weighted by Crippen LogP contribution is -2.36. The van der Waals surface area contributed by atoms with Crippen molar-refractivity contribution in [2.45, 2.75) is 51.2 Å². The molecule has 1 amide bonds. The van der Waals surface area contributed by atoms with E-state index >= 15 is 0 Å². The van der Waals surface area contributed by atoms with Gasteiger partial charge in [0.25, 0.3) is 5.91 Å². The van der Waals surface area contributed by atoms with Crippen LogP contribution in [0.5, 0.6) is 0 Å². The van der Waals surface area contributed by atoms with Crippen LogP contribution in [0.3, 0.4) is 0 Å². The van der Waals surface area contributed by atoms with Gasteiger partial charge in [0.2, 0.25) is 0 Å². The molecule has 2 aromatic rings. The van der Waals surface area contributed by atoms with Gasteiger partial charge in [0, 0.05) is 25.7 Å². The molecular weight excluding hydrogens is 338 g/mol. The smallest absolute Gasteiger partial charge is 0.276 e. The Balaban J connectivity index is 1.23. The average molecular weight is 365 g/mol. The number of nitrogens with zero attached hydrogens (tertiary/aromatic N) is 5. The summed E-state index contributed by atoms with van der Waals surface area (Å²) in [6.07, 6.45) is 8.03. The summed E-state index contributed by atoms with van der Waals surface area (Å²) in [5, 5.41) is 8.45. The predicted octanol–water partition coefficient (Wildman–Crippen LogP) is 2.35. The van der Waals surface area contributed by atoms with Gasteiger partial charge in [-0.25, -0.2) is 0 Å². The summed E-state index contributed by atoms with van der Waals surface area (Å²) < 4.78 is 1.88. The van der Waals surface area contributed by atoms with Gasteiger partial charge >= 0.3 is 0 Å². The first-order chi connectivity index (χ1) is 13.3. The van der Waals surface area contributed by atoms with E-state index in [4.69, 9.17) is 0 Å². The molecule has 0 unspecified atom stereocenters. The lowest BCUT2D eigenvalue weighted by molar-refractivity contribution is 0.0728. The number of aromatic nitrogens is 3. The summed E-state index contributed by atoms with van der Waals surface area (Å²) in [5.41, 5.74) is 3.06. The van der Waals surface area contributed by atoms with Crippen molar-refractivity contribution in [3.63, 3.8) is 0 Å². The lowest BCUT2D eigenvalue weighted by atomic mass is 10.00. The second-order valence-corrected chi connectivity index (χ2v) is 8.31. The lowest BCUT2D eigenvalue weighted by Gasteiger charge is -2.28. The number of likely N-dealkylation sites (tertiary alicyclic amines) is 1. The van der Waals surface area contributed by atoms with E-state index < -0.39 is 0 Å². The van der Waals surface area contributed by atoms with Gasteiger partial charge in [-0.05, 0) is 55.7 Å². The number of rotatable bonds is 5. The van der Waals surface area contributed by atoms with E-state index in [-0.39, 0.29) is 5.91 Å². The number of carbonyl (C=O) groups excluding carboxylic acids is 1. The minimum absolute atomic E-state index is 0.00277. The monoisotopic (exact) mass is 365 g/mol. The zero-order chi connectivity index (χ0) is 18.2. The van der Waals surface area contributed by atoms with Crippen LogP contribution in [0, 0.1) is 5.92 Å². The van der Waals surface area contributed by atoms with Crippen LogP contribution >= 0.6 is 0 Å². The largest absolute Gasteiger partial charge is 0.333 e. The molecule has 5 rings (SSSR count). The molecule has 1 aromatic heterocycles. The van der Waals surface area contributed by atoms with Gasteiger partial charge in [0.1, 0.15) is 0 Å². The molecule has 142 valence electrons. The molecule has 0 N–H and O–H groups in total. The number of benzene rings is 1. The molecule has 1 saturated carbocycles. The van der Waals surface area contributed by atoms with Crippen molar-refractivity contribution in [2.75, 3.05) is 19.6 Å². The Bertz CT molecular complexity index is 827. The summed E-state index contributed by atoms with van der Waals surface area (Å²) in [5.74, 6) is 0.914. The number of amides is 1. The molecule has 27 heavy (non-hydrogen) atoms. The van der Waals surface area contributed by atoms with Gasteiger partial charge < -0.3 is 4.90 Å². The van der Waals surface area contributed by atoms with Crippen LogP contribution < -0.4 is 0 Å². The first-order valence-electron chi connectivity index (χ1n) is 10.3. The van der Waals surface area contributed by atoms with Crippen LogP contribution in [0.1, 0.15) is 47.3 Å². The van der Waals surface area contributed by atoms with E-state index in [1.54, 1.807) is 0 Å². The normalized spacial score (nSPS) is 22.8. The Morgan fingerprint density at radius 1 is 1.07 bits per heavy atom. The highest BCUT2D eigenvalue weighted by molar-refractivity contribution is 5.92. The first kappa shape index (κ1) is 16.9. The van der Waals surface area contributed by atoms with Crippen molar-refractivity contribution in [1.82, 2.24) is 24.8 Å². The van der Waals surface area contributed by atoms with Gasteiger partial charge in [-0.1, -0.05) is 29.5 Å². The molecule has 6 nitrogen and oxygen atoms in total. The number of hydrogen-bond acceptors (Lipinski definition) is 4. The van der Waals surface area contributed by atoms with E-state index in [0.717, 1.165) is 25.4 Å². The highest BCUT2D eigenvalue weighted by atomic mass is 16.2. The van der Waals surface area contributed by atoms with Gasteiger partial charge in [0.05, 0.1) is 12.7 Å². The second-order valence-electron chi connectivity index (χ2n) is 8.31. The Kier molecular flexibility index (Phi) is 4.44. The Morgan fingerprint density at radius 3 is 2.78 bits per heavy atom. The highest BCUT2D eigenvalue weighted by Crippen LogP contribution is 2.32. The molecular formula is C21H27N5O. The maximum atomic E-state index is 12.9. The number of carbonyl (C=O) groups is 1. The SMILES string of the molecule is O=C(c1cn(C[C@@H]2CCCN2CC2CC2)nn1)N1CCc2ccccc2C1. The second kappa shape index (κ2) is 7.08. The average Bonchev–Trinajstić information content (AvgIpc) is 3.21. The molecule has 0 bridgehead atoms.